The van der Waals surface area contributed by atoms with Crippen molar-refractivity contribution in [3.8, 4) is 5.75 Å². The zero-order valence-corrected chi connectivity index (χ0v) is 23.8. The van der Waals surface area contributed by atoms with Crippen LogP contribution in [0.1, 0.15) is 58.1 Å². The molecule has 1 amide bonds. The molecule has 10 nitrogen and oxygen atoms in total. The van der Waals surface area contributed by atoms with Crippen LogP contribution in [0, 0.1) is 13.8 Å². The van der Waals surface area contributed by atoms with Gasteiger partial charge in [-0.1, -0.05) is 11.6 Å². The highest BCUT2D eigenvalue weighted by Gasteiger charge is 2.39. The summed E-state index contributed by atoms with van der Waals surface area (Å²) < 4.78 is 30.2. The van der Waals surface area contributed by atoms with Gasteiger partial charge in [0.25, 0.3) is 5.91 Å². The largest absolute Gasteiger partial charge is 0.481 e. The number of thiazole rings is 1. The van der Waals surface area contributed by atoms with Gasteiger partial charge in [-0.15, -0.1) is 22.1 Å². The van der Waals surface area contributed by atoms with Crippen molar-refractivity contribution in [2.45, 2.75) is 58.5 Å². The maximum Gasteiger partial charge on any atom is 0.261 e. The Morgan fingerprint density at radius 2 is 1.97 bits per heavy atom. The van der Waals surface area contributed by atoms with E-state index >= 15 is 0 Å². The van der Waals surface area contributed by atoms with Crippen LogP contribution >= 0.6 is 33.7 Å². The number of pyridine rings is 1. The first-order chi connectivity index (χ1) is 18.2. The summed E-state index contributed by atoms with van der Waals surface area (Å²) in [5, 5.41) is 1.05. The number of anilines is 1. The fourth-order valence-corrected chi connectivity index (χ4v) is 8.50. The maximum absolute atomic E-state index is 13.7. The number of aromatic nitrogens is 4. The van der Waals surface area contributed by atoms with Crippen LogP contribution in [0.3, 0.4) is 0 Å². The number of aryl methyl sites for hydroxylation is 3. The predicted molar refractivity (Wildman–Crippen MR) is 148 cm³/mol. The predicted octanol–water partition coefficient (Wildman–Crippen LogP) is 4.77. The Bertz CT molecular complexity index is 1390. The second-order valence-electron chi connectivity index (χ2n) is 9.93. The standard InChI is InChI=1S/C25H31ClN6O4S2/c1-15-24(37-16(2)27-15)23-22-17(28-19-6-3-4-10-30(19)22)9-12-31(23)21(33)14-36-18-7-8-20(29-25(18)26)32-11-5-13-38(32,34)35/h7-8,23,34-35H,3-6,9-14H2,1-2H3. The fourth-order valence-electron chi connectivity index (χ4n) is 5.69. The summed E-state index contributed by atoms with van der Waals surface area (Å²) in [7, 11) is -2.87. The Kier molecular flexibility index (Phi) is 6.79. The molecule has 0 spiro atoms. The molecule has 1 atom stereocenters. The minimum Gasteiger partial charge on any atom is -0.481 e. The van der Waals surface area contributed by atoms with Gasteiger partial charge in [0.2, 0.25) is 0 Å². The number of imidazole rings is 1. The molecule has 6 rings (SSSR count). The van der Waals surface area contributed by atoms with Crippen LogP contribution in [-0.4, -0.2) is 64.9 Å². The Balaban J connectivity index is 1.25. The van der Waals surface area contributed by atoms with Crippen molar-refractivity contribution in [1.82, 2.24) is 24.4 Å². The summed E-state index contributed by atoms with van der Waals surface area (Å²) in [6, 6.07) is 3.02. The van der Waals surface area contributed by atoms with E-state index < -0.39 is 10.8 Å². The Hall–Kier alpha value is -2.38. The second-order valence-corrected chi connectivity index (χ2v) is 13.6. The van der Waals surface area contributed by atoms with Gasteiger partial charge >= 0.3 is 0 Å². The maximum atomic E-state index is 13.7. The average Bonchev–Trinajstić information content (AvgIpc) is 3.55. The first-order valence-electron chi connectivity index (χ1n) is 12.9. The Morgan fingerprint density at radius 1 is 1.13 bits per heavy atom. The number of hydrogen-bond donors (Lipinski definition) is 2. The SMILES string of the molecule is Cc1nc(C)c(C2c3c(nc4n3CCCC4)CCN2C(=O)COc2ccc(N3CCCS3(O)O)nc2Cl)s1. The van der Waals surface area contributed by atoms with Crippen molar-refractivity contribution in [3.05, 3.63) is 50.1 Å². The van der Waals surface area contributed by atoms with Gasteiger partial charge in [0.15, 0.2) is 17.5 Å². The van der Waals surface area contributed by atoms with Crippen molar-refractivity contribution in [1.29, 1.82) is 0 Å². The number of hydrogen-bond acceptors (Lipinski definition) is 9. The molecule has 0 aliphatic carbocycles. The van der Waals surface area contributed by atoms with Crippen molar-refractivity contribution in [2.75, 3.05) is 29.8 Å². The van der Waals surface area contributed by atoms with Crippen molar-refractivity contribution < 1.29 is 18.6 Å². The summed E-state index contributed by atoms with van der Waals surface area (Å²) in [4.78, 5) is 30.6. The molecule has 6 heterocycles. The molecule has 3 aliphatic heterocycles. The molecule has 3 aliphatic rings. The molecule has 3 aromatic rings. The molecule has 3 aromatic heterocycles. The Labute approximate surface area is 232 Å². The highest BCUT2D eigenvalue weighted by molar-refractivity contribution is 8.25. The van der Waals surface area contributed by atoms with Crippen LogP contribution in [0.2, 0.25) is 5.15 Å². The zero-order valence-electron chi connectivity index (χ0n) is 21.4. The lowest BCUT2D eigenvalue weighted by molar-refractivity contribution is -0.135. The van der Waals surface area contributed by atoms with Gasteiger partial charge in [-0.2, -0.15) is 0 Å². The Morgan fingerprint density at radius 3 is 2.68 bits per heavy atom. The smallest absolute Gasteiger partial charge is 0.261 e. The molecule has 0 bridgehead atoms. The second kappa shape index (κ2) is 9.98. The molecular weight excluding hydrogens is 548 g/mol. The van der Waals surface area contributed by atoms with E-state index in [2.05, 4.69) is 14.5 Å². The van der Waals surface area contributed by atoms with E-state index in [4.69, 9.17) is 21.3 Å². The summed E-state index contributed by atoms with van der Waals surface area (Å²) in [5.41, 5.74) is 3.13. The third-order valence-electron chi connectivity index (χ3n) is 7.40. The first-order valence-corrected chi connectivity index (χ1v) is 15.7. The van der Waals surface area contributed by atoms with Gasteiger partial charge in [0.1, 0.15) is 17.7 Å². The number of rotatable bonds is 5. The molecule has 0 aromatic carbocycles. The van der Waals surface area contributed by atoms with Gasteiger partial charge in [-0.05, 0) is 45.2 Å². The van der Waals surface area contributed by atoms with E-state index in [1.54, 1.807) is 23.5 Å². The van der Waals surface area contributed by atoms with Gasteiger partial charge in [-0.25, -0.2) is 15.0 Å². The molecule has 0 radical (unpaired) electrons. The van der Waals surface area contributed by atoms with Crippen LogP contribution in [0.5, 0.6) is 5.75 Å². The third kappa shape index (κ3) is 4.56. The number of halogens is 1. The minimum atomic E-state index is -2.87. The lowest BCUT2D eigenvalue weighted by atomic mass is 9.99. The lowest BCUT2D eigenvalue weighted by Crippen LogP contribution is -2.43. The number of nitrogens with zero attached hydrogens (tertiary/aromatic N) is 6. The normalized spacial score (nSPS) is 21.2. The van der Waals surface area contributed by atoms with E-state index in [1.165, 1.54) is 4.31 Å². The average molecular weight is 579 g/mol. The molecule has 1 fully saturated rings. The number of carbonyl (C=O) groups excluding carboxylic acids is 1. The fraction of sp³-hybridized carbons (Fsp3) is 0.520. The van der Waals surface area contributed by atoms with E-state index in [0.29, 0.717) is 37.5 Å². The number of fused-ring (bicyclic) bond motifs is 3. The van der Waals surface area contributed by atoms with Crippen LogP contribution in [0.15, 0.2) is 12.1 Å². The highest BCUT2D eigenvalue weighted by Crippen LogP contribution is 2.50. The summed E-state index contributed by atoms with van der Waals surface area (Å²) in [6.07, 6.45) is 4.58. The quantitative estimate of drug-likeness (QED) is 0.416. The summed E-state index contributed by atoms with van der Waals surface area (Å²) >= 11 is 8.02. The number of amides is 1. The zero-order chi connectivity index (χ0) is 26.6. The molecule has 13 heteroatoms. The first kappa shape index (κ1) is 25.9. The lowest BCUT2D eigenvalue weighted by Gasteiger charge is -2.37. The molecule has 0 saturated carbocycles. The van der Waals surface area contributed by atoms with Crippen molar-refractivity contribution in [3.63, 3.8) is 0 Å². The molecular formula is C25H31ClN6O4S2. The van der Waals surface area contributed by atoms with E-state index in [9.17, 15) is 13.9 Å². The monoisotopic (exact) mass is 578 g/mol. The number of ether oxygens (including phenoxy) is 1. The van der Waals surface area contributed by atoms with Gasteiger partial charge in [-0.3, -0.25) is 18.2 Å². The highest BCUT2D eigenvalue weighted by atomic mass is 35.5. The third-order valence-corrected chi connectivity index (χ3v) is 10.7. The van der Waals surface area contributed by atoms with Crippen LogP contribution in [-0.2, 0) is 24.2 Å². The summed E-state index contributed by atoms with van der Waals surface area (Å²) in [6.45, 7) is 5.76. The minimum absolute atomic E-state index is 0.0775. The molecule has 2 N–H and O–H groups in total. The molecule has 1 saturated heterocycles. The molecule has 38 heavy (non-hydrogen) atoms. The number of carbonyl (C=O) groups is 1. The topological polar surface area (TPSA) is 117 Å². The van der Waals surface area contributed by atoms with Gasteiger partial charge < -0.3 is 14.2 Å². The van der Waals surface area contributed by atoms with E-state index in [1.807, 2.05) is 18.7 Å². The van der Waals surface area contributed by atoms with E-state index in [0.717, 1.165) is 58.6 Å². The molecule has 204 valence electrons. The van der Waals surface area contributed by atoms with Crippen molar-refractivity contribution in [2.24, 2.45) is 0 Å². The van der Waals surface area contributed by atoms with Gasteiger partial charge in [0.05, 0.1) is 32.7 Å². The molecule has 1 unspecified atom stereocenters. The summed E-state index contributed by atoms with van der Waals surface area (Å²) in [5.74, 6) is 1.95. The van der Waals surface area contributed by atoms with E-state index in [-0.39, 0.29) is 29.5 Å². The van der Waals surface area contributed by atoms with Gasteiger partial charge in [0, 0.05) is 32.5 Å². The van der Waals surface area contributed by atoms with Crippen LogP contribution < -0.4 is 9.04 Å². The van der Waals surface area contributed by atoms with Crippen LogP contribution in [0.4, 0.5) is 5.82 Å². The van der Waals surface area contributed by atoms with Crippen LogP contribution in [0.25, 0.3) is 0 Å². The van der Waals surface area contributed by atoms with Crippen molar-refractivity contribution >= 4 is 45.4 Å².